The third kappa shape index (κ3) is 7.57. The molecule has 0 bridgehead atoms. The summed E-state index contributed by atoms with van der Waals surface area (Å²) in [7, 11) is -1.72. The number of hydrogen-bond acceptors (Lipinski definition) is 6. The van der Waals surface area contributed by atoms with E-state index in [9.17, 15) is 14.7 Å². The van der Waals surface area contributed by atoms with Gasteiger partial charge in [0.05, 0.1) is 18.2 Å². The zero-order valence-electron chi connectivity index (χ0n) is 22.8. The first-order valence-electron chi connectivity index (χ1n) is 12.9. The van der Waals surface area contributed by atoms with Crippen LogP contribution in [0.2, 0.25) is 11.6 Å². The Bertz CT molecular complexity index is 1100. The molecule has 2 atom stereocenters. The number of aromatic amines is 1. The minimum Gasteiger partial charge on any atom is -0.506 e. The van der Waals surface area contributed by atoms with Crippen molar-refractivity contribution in [1.29, 1.82) is 0 Å². The number of rotatable bonds is 7. The fourth-order valence-electron chi connectivity index (χ4n) is 4.33. The van der Waals surface area contributed by atoms with E-state index in [2.05, 4.69) is 37.6 Å². The Kier molecular flexibility index (Phi) is 8.90. The molecule has 3 N–H and O–H groups in total. The third-order valence-electron chi connectivity index (χ3n) is 6.82. The van der Waals surface area contributed by atoms with Crippen LogP contribution < -0.4 is 10.9 Å². The molecule has 2 aromatic rings. The molecule has 1 fully saturated rings. The number of nitrogens with one attached hydrogen (secondary N) is 2. The lowest BCUT2D eigenvalue weighted by atomic mass is 9.97. The first-order chi connectivity index (χ1) is 16.7. The fraction of sp³-hybridized carbons (Fsp3) is 0.630. The molecule has 3 rings (SSSR count). The van der Waals surface area contributed by atoms with Crippen molar-refractivity contribution >= 4 is 26.0 Å². The smallest absolute Gasteiger partial charge is 0.410 e. The molecular formula is C27H43N3O5Si. The maximum atomic E-state index is 13.4. The average Bonchev–Trinajstić information content (AvgIpc) is 2.77. The Labute approximate surface area is 216 Å². The Morgan fingerprint density at radius 1 is 1.14 bits per heavy atom. The standard InChI is InChI=1S/C27H43N3O5Si/c1-26(2,3)34-25(33)30(16-18-12-14-28-15-13-18)17-22(35-36(7)27(4,5)6)19-8-10-21(31)24-20(19)9-11-23(32)29-24/h8-11,18,22,28,31,36H,12-17H2,1-7H3,(H,29,32)/t22-,36?/m0/s1. The van der Waals surface area contributed by atoms with Crippen molar-refractivity contribution in [3.05, 3.63) is 40.2 Å². The quantitative estimate of drug-likeness (QED) is 0.461. The second kappa shape index (κ2) is 11.4. The molecule has 1 aliphatic rings. The molecule has 0 spiro atoms. The summed E-state index contributed by atoms with van der Waals surface area (Å²) in [6, 6.07) is 6.58. The number of benzene rings is 1. The summed E-state index contributed by atoms with van der Waals surface area (Å²) < 4.78 is 12.6. The number of H-pyrrole nitrogens is 1. The molecule has 0 aliphatic carbocycles. The molecule has 0 radical (unpaired) electrons. The van der Waals surface area contributed by atoms with E-state index >= 15 is 0 Å². The van der Waals surface area contributed by atoms with E-state index < -0.39 is 20.7 Å². The van der Waals surface area contributed by atoms with E-state index in [4.69, 9.17) is 9.16 Å². The number of amides is 1. The largest absolute Gasteiger partial charge is 0.506 e. The fourth-order valence-corrected chi connectivity index (χ4v) is 5.46. The van der Waals surface area contributed by atoms with Crippen molar-refractivity contribution in [3.63, 3.8) is 0 Å². The maximum absolute atomic E-state index is 13.4. The van der Waals surface area contributed by atoms with Crippen molar-refractivity contribution in [2.24, 2.45) is 5.92 Å². The number of pyridine rings is 1. The number of fused-ring (bicyclic) bond motifs is 1. The Balaban J connectivity index is 2.03. The summed E-state index contributed by atoms with van der Waals surface area (Å²) >= 11 is 0. The molecule has 1 amide bonds. The van der Waals surface area contributed by atoms with Gasteiger partial charge in [-0.2, -0.15) is 0 Å². The molecule has 200 valence electrons. The summed E-state index contributed by atoms with van der Waals surface area (Å²) in [4.78, 5) is 29.9. The highest BCUT2D eigenvalue weighted by atomic mass is 28.3. The van der Waals surface area contributed by atoms with Crippen LogP contribution in [0.5, 0.6) is 5.75 Å². The highest BCUT2D eigenvalue weighted by Gasteiger charge is 2.32. The molecule has 8 nitrogen and oxygen atoms in total. The first kappa shape index (κ1) is 28.2. The molecular weight excluding hydrogens is 474 g/mol. The minimum absolute atomic E-state index is 0.00465. The highest BCUT2D eigenvalue weighted by molar-refractivity contribution is 6.53. The van der Waals surface area contributed by atoms with Crippen LogP contribution in [0, 0.1) is 5.92 Å². The third-order valence-corrected chi connectivity index (χ3v) is 9.99. The van der Waals surface area contributed by atoms with E-state index in [0.29, 0.717) is 29.9 Å². The lowest BCUT2D eigenvalue weighted by Crippen LogP contribution is -2.44. The predicted octanol–water partition coefficient (Wildman–Crippen LogP) is 4.68. The van der Waals surface area contributed by atoms with Gasteiger partial charge in [0, 0.05) is 18.0 Å². The van der Waals surface area contributed by atoms with Crippen LogP contribution in [0.15, 0.2) is 29.1 Å². The van der Waals surface area contributed by atoms with E-state index in [1.165, 1.54) is 6.07 Å². The van der Waals surface area contributed by atoms with Gasteiger partial charge in [-0.25, -0.2) is 4.79 Å². The molecule has 1 aliphatic heterocycles. The number of phenolic OH excluding ortho intramolecular Hbond substituents is 1. The number of piperidine rings is 1. The van der Waals surface area contributed by atoms with Gasteiger partial charge in [-0.3, -0.25) is 4.79 Å². The van der Waals surface area contributed by atoms with E-state index in [0.717, 1.165) is 31.5 Å². The second-order valence-electron chi connectivity index (χ2n) is 12.0. The Morgan fingerprint density at radius 2 is 1.81 bits per heavy atom. The number of carbonyl (C=O) groups excluding carboxylic acids is 1. The predicted molar refractivity (Wildman–Crippen MR) is 146 cm³/mol. The normalized spacial score (nSPS) is 17.1. The Hall–Kier alpha value is -2.36. The maximum Gasteiger partial charge on any atom is 0.410 e. The van der Waals surface area contributed by atoms with Crippen molar-refractivity contribution < 1.29 is 19.1 Å². The van der Waals surface area contributed by atoms with Crippen LogP contribution in [0.1, 0.15) is 66.1 Å². The van der Waals surface area contributed by atoms with Crippen LogP contribution in [0.25, 0.3) is 10.9 Å². The van der Waals surface area contributed by atoms with Crippen LogP contribution in [0.4, 0.5) is 4.79 Å². The summed E-state index contributed by atoms with van der Waals surface area (Å²) in [5.41, 5.74) is 0.311. The number of hydrogen-bond donors (Lipinski definition) is 3. The summed E-state index contributed by atoms with van der Waals surface area (Å²) in [6.07, 6.45) is 1.22. The van der Waals surface area contributed by atoms with Gasteiger partial charge in [-0.1, -0.05) is 26.8 Å². The minimum atomic E-state index is -1.72. The van der Waals surface area contributed by atoms with Crippen LogP contribution >= 0.6 is 0 Å². The molecule has 1 unspecified atom stereocenters. The van der Waals surface area contributed by atoms with Gasteiger partial charge in [0.25, 0.3) is 0 Å². The lowest BCUT2D eigenvalue weighted by Gasteiger charge is -2.36. The first-order valence-corrected chi connectivity index (χ1v) is 15.1. The van der Waals surface area contributed by atoms with Crippen LogP contribution in [0.3, 0.4) is 0 Å². The van der Waals surface area contributed by atoms with Gasteiger partial charge >= 0.3 is 6.09 Å². The molecule has 1 aromatic carbocycles. The summed E-state index contributed by atoms with van der Waals surface area (Å²) in [6.45, 7) is 17.1. The van der Waals surface area contributed by atoms with Crippen LogP contribution in [-0.4, -0.2) is 61.9 Å². The second-order valence-corrected chi connectivity index (χ2v) is 15.3. The van der Waals surface area contributed by atoms with E-state index in [1.807, 2.05) is 26.8 Å². The highest BCUT2D eigenvalue weighted by Crippen LogP contribution is 2.36. The molecule has 0 saturated carbocycles. The number of carbonyl (C=O) groups is 1. The molecule has 9 heteroatoms. The summed E-state index contributed by atoms with van der Waals surface area (Å²) in [5, 5.41) is 14.5. The van der Waals surface area contributed by atoms with E-state index in [-0.39, 0.29) is 22.4 Å². The van der Waals surface area contributed by atoms with Gasteiger partial charge < -0.3 is 29.5 Å². The Morgan fingerprint density at radius 3 is 2.42 bits per heavy atom. The number of nitrogens with zero attached hydrogens (tertiary/aromatic N) is 1. The van der Waals surface area contributed by atoms with Crippen molar-refractivity contribution in [2.75, 3.05) is 26.2 Å². The number of ether oxygens (including phenoxy) is 1. The van der Waals surface area contributed by atoms with Crippen LogP contribution in [-0.2, 0) is 9.16 Å². The van der Waals surface area contributed by atoms with Crippen molar-refractivity contribution in [3.8, 4) is 5.75 Å². The van der Waals surface area contributed by atoms with E-state index in [1.54, 1.807) is 17.0 Å². The summed E-state index contributed by atoms with van der Waals surface area (Å²) in [5.74, 6) is 0.384. The van der Waals surface area contributed by atoms with Gasteiger partial charge in [0.15, 0.2) is 9.04 Å². The monoisotopic (exact) mass is 517 g/mol. The molecule has 1 aromatic heterocycles. The zero-order valence-corrected chi connectivity index (χ0v) is 24.0. The number of phenols is 1. The number of aromatic nitrogens is 1. The van der Waals surface area contributed by atoms with Crippen molar-refractivity contribution in [1.82, 2.24) is 15.2 Å². The lowest BCUT2D eigenvalue weighted by molar-refractivity contribution is 0.0117. The molecule has 1 saturated heterocycles. The average molecular weight is 518 g/mol. The van der Waals surface area contributed by atoms with Crippen molar-refractivity contribution in [2.45, 2.75) is 77.7 Å². The topological polar surface area (TPSA) is 104 Å². The van der Waals surface area contributed by atoms with Gasteiger partial charge in [0.2, 0.25) is 5.56 Å². The van der Waals surface area contributed by atoms with Gasteiger partial charge in [-0.05, 0) is 81.9 Å². The zero-order chi connectivity index (χ0) is 26.7. The molecule has 36 heavy (non-hydrogen) atoms. The van der Waals surface area contributed by atoms with Gasteiger partial charge in [-0.15, -0.1) is 0 Å². The van der Waals surface area contributed by atoms with Gasteiger partial charge in [0.1, 0.15) is 11.4 Å². The molecule has 2 heterocycles. The number of aromatic hydroxyl groups is 1. The SMILES string of the molecule is C[SiH](O[C@@H](CN(CC1CCNCC1)C(=O)OC(C)(C)C)c1ccc(O)c2[nH]c(=O)ccc12)C(C)(C)C.